The van der Waals surface area contributed by atoms with Crippen molar-refractivity contribution in [2.45, 2.75) is 57.1 Å². The van der Waals surface area contributed by atoms with Gasteiger partial charge in [-0.1, -0.05) is 13.8 Å². The van der Waals surface area contributed by atoms with E-state index in [9.17, 15) is 28.0 Å². The number of aryl methyl sites for hydroxylation is 1. The molecule has 2 N–H and O–H groups in total. The molecule has 2 aromatic heterocycles. The molecule has 0 radical (unpaired) electrons. The van der Waals surface area contributed by atoms with Crippen molar-refractivity contribution in [3.8, 4) is 0 Å². The third-order valence-electron chi connectivity index (χ3n) is 5.74. The summed E-state index contributed by atoms with van der Waals surface area (Å²) in [6.07, 6.45) is 1.99. The maximum Gasteiger partial charge on any atom is 0.323 e. The van der Waals surface area contributed by atoms with E-state index in [0.29, 0.717) is 17.7 Å². The predicted octanol–water partition coefficient (Wildman–Crippen LogP) is 2.14. The zero-order valence-electron chi connectivity index (χ0n) is 20.2. The standard InChI is InChI=1S/C23H29BrN4O6S2/c1-14(2)11-18(26-23(31)20-12-16(24)15(3)35-20)22(30)25-17-7-6-9-27(13-19(17)29)36(33,34)21-8-4-5-10-28(21)32/h4-5,8,10,12,14,17-18H,6-7,9,11,13H2,1-3H3,(H,25,30)(H,26,31)/t17?,18-/m0/s1. The van der Waals surface area contributed by atoms with Crippen molar-refractivity contribution in [3.63, 3.8) is 0 Å². The van der Waals surface area contributed by atoms with Crippen molar-refractivity contribution in [2.24, 2.45) is 5.92 Å². The number of sulfonamides is 1. The van der Waals surface area contributed by atoms with E-state index >= 15 is 0 Å². The Morgan fingerprint density at radius 3 is 2.67 bits per heavy atom. The molecule has 13 heteroatoms. The Labute approximate surface area is 222 Å². The number of nitrogens with one attached hydrogen (secondary N) is 2. The highest BCUT2D eigenvalue weighted by Gasteiger charge is 2.37. The van der Waals surface area contributed by atoms with Crippen molar-refractivity contribution >= 4 is 54.9 Å². The van der Waals surface area contributed by atoms with E-state index in [1.54, 1.807) is 6.07 Å². The average molecular weight is 602 g/mol. The quantitative estimate of drug-likeness (QED) is 0.351. The van der Waals surface area contributed by atoms with Crippen molar-refractivity contribution < 1.29 is 27.5 Å². The van der Waals surface area contributed by atoms with Crippen LogP contribution < -0.4 is 15.4 Å². The van der Waals surface area contributed by atoms with Gasteiger partial charge in [0.2, 0.25) is 5.91 Å². The van der Waals surface area contributed by atoms with Crippen LogP contribution in [0.15, 0.2) is 40.0 Å². The summed E-state index contributed by atoms with van der Waals surface area (Å²) in [5.74, 6) is -1.27. The van der Waals surface area contributed by atoms with Gasteiger partial charge in [-0.2, -0.15) is 9.04 Å². The number of amides is 2. The van der Waals surface area contributed by atoms with Gasteiger partial charge in [0.25, 0.3) is 5.91 Å². The number of thiophene rings is 1. The van der Waals surface area contributed by atoms with Crippen LogP contribution >= 0.6 is 27.3 Å². The number of Topliss-reactive ketones (excluding diaryl/α,β-unsaturated/α-hetero) is 1. The normalized spacial score (nSPS) is 18.0. The highest BCUT2D eigenvalue weighted by Crippen LogP contribution is 2.26. The van der Waals surface area contributed by atoms with Crippen LogP contribution in [0.1, 0.15) is 47.7 Å². The number of aromatic nitrogens is 1. The fraction of sp³-hybridized carbons (Fsp3) is 0.478. The summed E-state index contributed by atoms with van der Waals surface area (Å²) < 4.78 is 27.9. The number of halogens is 1. The Morgan fingerprint density at radius 2 is 2.06 bits per heavy atom. The molecule has 1 aliphatic heterocycles. The number of rotatable bonds is 8. The van der Waals surface area contributed by atoms with E-state index in [-0.39, 0.29) is 29.5 Å². The number of ketones is 1. The molecule has 3 rings (SSSR count). The number of nitrogens with zero attached hydrogens (tertiary/aromatic N) is 2. The van der Waals surface area contributed by atoms with Gasteiger partial charge in [-0.25, -0.2) is 8.42 Å². The first-order chi connectivity index (χ1) is 16.9. The van der Waals surface area contributed by atoms with Crippen LogP contribution in [-0.2, 0) is 19.6 Å². The van der Waals surface area contributed by atoms with Crippen LogP contribution in [0.25, 0.3) is 0 Å². The first-order valence-corrected chi connectivity index (χ1v) is 14.5. The van der Waals surface area contributed by atoms with E-state index in [1.165, 1.54) is 29.5 Å². The second kappa shape index (κ2) is 11.8. The second-order valence-electron chi connectivity index (χ2n) is 9.04. The fourth-order valence-electron chi connectivity index (χ4n) is 3.87. The molecule has 10 nitrogen and oxygen atoms in total. The van der Waals surface area contributed by atoms with Gasteiger partial charge in [0.15, 0.2) is 12.0 Å². The molecule has 1 saturated heterocycles. The highest BCUT2D eigenvalue weighted by molar-refractivity contribution is 9.10. The molecule has 2 aromatic rings. The highest BCUT2D eigenvalue weighted by atomic mass is 79.9. The lowest BCUT2D eigenvalue weighted by Crippen LogP contribution is -2.52. The van der Waals surface area contributed by atoms with Gasteiger partial charge >= 0.3 is 15.0 Å². The lowest BCUT2D eigenvalue weighted by molar-refractivity contribution is -0.646. The fourth-order valence-corrected chi connectivity index (χ4v) is 6.78. The van der Waals surface area contributed by atoms with Gasteiger partial charge in [0.1, 0.15) is 6.04 Å². The molecule has 1 unspecified atom stereocenters. The average Bonchev–Trinajstić information content (AvgIpc) is 3.03. The molecule has 0 spiro atoms. The molecule has 0 saturated carbocycles. The summed E-state index contributed by atoms with van der Waals surface area (Å²) >= 11 is 4.69. The van der Waals surface area contributed by atoms with Crippen LogP contribution in [0.4, 0.5) is 0 Å². The van der Waals surface area contributed by atoms with Crippen molar-refractivity contribution in [1.29, 1.82) is 0 Å². The number of carbonyl (C=O) groups excluding carboxylic acids is 3. The van der Waals surface area contributed by atoms with Gasteiger partial charge in [-0.05, 0) is 60.2 Å². The predicted molar refractivity (Wildman–Crippen MR) is 138 cm³/mol. The lowest BCUT2D eigenvalue weighted by atomic mass is 10.0. The monoisotopic (exact) mass is 600 g/mol. The summed E-state index contributed by atoms with van der Waals surface area (Å²) in [6, 6.07) is 3.96. The topological polar surface area (TPSA) is 140 Å². The molecular formula is C23H29BrN4O6S2. The van der Waals surface area contributed by atoms with Gasteiger partial charge in [0, 0.05) is 28.0 Å². The molecule has 0 aliphatic carbocycles. The Kier molecular flexibility index (Phi) is 9.25. The maximum absolute atomic E-state index is 13.1. The summed E-state index contributed by atoms with van der Waals surface area (Å²) in [7, 11) is -4.19. The minimum Gasteiger partial charge on any atom is -0.618 e. The Balaban J connectivity index is 1.71. The molecule has 3 heterocycles. The minimum atomic E-state index is -4.19. The smallest absolute Gasteiger partial charge is 0.323 e. The first-order valence-electron chi connectivity index (χ1n) is 11.5. The summed E-state index contributed by atoms with van der Waals surface area (Å²) in [5, 5.41) is 17.0. The summed E-state index contributed by atoms with van der Waals surface area (Å²) in [6.45, 7) is 5.28. The van der Waals surface area contributed by atoms with Gasteiger partial charge in [-0.3, -0.25) is 14.4 Å². The van der Waals surface area contributed by atoms with E-state index in [2.05, 4.69) is 26.6 Å². The maximum atomic E-state index is 13.1. The molecule has 196 valence electrons. The van der Waals surface area contributed by atoms with Crippen molar-refractivity contribution in [3.05, 3.63) is 49.9 Å². The van der Waals surface area contributed by atoms with Crippen LogP contribution in [0.5, 0.6) is 0 Å². The van der Waals surface area contributed by atoms with Gasteiger partial charge < -0.3 is 15.8 Å². The van der Waals surface area contributed by atoms with E-state index < -0.39 is 45.4 Å². The van der Waals surface area contributed by atoms with Crippen LogP contribution in [-0.4, -0.2) is 55.5 Å². The number of hydrogen-bond donors (Lipinski definition) is 2. The van der Waals surface area contributed by atoms with Crippen molar-refractivity contribution in [2.75, 3.05) is 13.1 Å². The van der Waals surface area contributed by atoms with Crippen LogP contribution in [0.3, 0.4) is 0 Å². The summed E-state index contributed by atoms with van der Waals surface area (Å²) in [4.78, 5) is 40.2. The number of pyridine rings is 1. The molecule has 2 amide bonds. The molecule has 1 fully saturated rings. The summed E-state index contributed by atoms with van der Waals surface area (Å²) in [5.41, 5.74) is 0. The molecular weight excluding hydrogens is 572 g/mol. The van der Waals surface area contributed by atoms with Crippen LogP contribution in [0, 0.1) is 18.0 Å². The molecule has 0 bridgehead atoms. The third-order valence-corrected chi connectivity index (χ3v) is 9.71. The van der Waals surface area contributed by atoms with E-state index in [0.717, 1.165) is 19.9 Å². The Morgan fingerprint density at radius 1 is 1.33 bits per heavy atom. The lowest BCUT2D eigenvalue weighted by Gasteiger charge is -2.23. The zero-order valence-corrected chi connectivity index (χ0v) is 23.4. The molecule has 0 aromatic carbocycles. The van der Waals surface area contributed by atoms with Gasteiger partial charge in [-0.15, -0.1) is 11.3 Å². The third kappa shape index (κ3) is 6.69. The van der Waals surface area contributed by atoms with Gasteiger partial charge in [0.05, 0.1) is 17.5 Å². The number of carbonyl (C=O) groups is 3. The van der Waals surface area contributed by atoms with E-state index in [1.807, 2.05) is 20.8 Å². The van der Waals surface area contributed by atoms with Crippen molar-refractivity contribution in [1.82, 2.24) is 14.9 Å². The Bertz CT molecular complexity index is 1230. The SMILES string of the molecule is Cc1sc(C(=O)N[C@@H](CC(C)C)C(=O)NC2CCCN(S(=O)(=O)c3cccc[n+]3[O-])CC2=O)cc1Br. The zero-order chi connectivity index (χ0) is 26.6. The largest absolute Gasteiger partial charge is 0.618 e. The first kappa shape index (κ1) is 28.2. The second-order valence-corrected chi connectivity index (χ2v) is 13.0. The Hall–Kier alpha value is -2.35. The molecule has 2 atom stereocenters. The van der Waals surface area contributed by atoms with E-state index in [4.69, 9.17) is 0 Å². The molecule has 36 heavy (non-hydrogen) atoms. The molecule has 1 aliphatic rings. The van der Waals surface area contributed by atoms with Crippen LogP contribution in [0.2, 0.25) is 0 Å². The minimum absolute atomic E-state index is 0.0358. The number of hydrogen-bond acceptors (Lipinski definition) is 7.